The Balaban J connectivity index is 1.43. The molecule has 0 aliphatic carbocycles. The van der Waals surface area contributed by atoms with E-state index in [1.54, 1.807) is 23.1 Å². The molecule has 0 bridgehead atoms. The number of nitrogens with zero attached hydrogens (tertiary/aromatic N) is 1. The zero-order chi connectivity index (χ0) is 20.4. The molecule has 2 aromatic carbocycles. The highest BCUT2D eigenvalue weighted by Gasteiger charge is 2.22. The first-order valence-corrected chi connectivity index (χ1v) is 9.82. The smallest absolute Gasteiger partial charge is 0.251 e. The van der Waals surface area contributed by atoms with Gasteiger partial charge in [0.05, 0.1) is 0 Å². The van der Waals surface area contributed by atoms with Gasteiger partial charge in [0.15, 0.2) is 0 Å². The summed E-state index contributed by atoms with van der Waals surface area (Å²) < 4.78 is 0. The third-order valence-corrected chi connectivity index (χ3v) is 5.25. The molecule has 6 heteroatoms. The topological polar surface area (TPSA) is 82.3 Å². The molecule has 4 rings (SSSR count). The van der Waals surface area contributed by atoms with E-state index in [2.05, 4.69) is 10.3 Å². The van der Waals surface area contributed by atoms with Crippen molar-refractivity contribution in [2.45, 2.75) is 26.2 Å². The van der Waals surface area contributed by atoms with Crippen molar-refractivity contribution in [2.75, 3.05) is 18.0 Å². The molecule has 2 amide bonds. The minimum atomic E-state index is -0.216. The van der Waals surface area contributed by atoms with Crippen LogP contribution < -0.4 is 15.8 Å². The van der Waals surface area contributed by atoms with E-state index in [9.17, 15) is 14.4 Å². The third kappa shape index (κ3) is 4.06. The zero-order valence-corrected chi connectivity index (χ0v) is 16.3. The number of rotatable bonds is 5. The van der Waals surface area contributed by atoms with Crippen LogP contribution in [-0.2, 0) is 11.2 Å². The van der Waals surface area contributed by atoms with E-state index in [-0.39, 0.29) is 17.4 Å². The monoisotopic (exact) mass is 389 g/mol. The second kappa shape index (κ2) is 7.91. The summed E-state index contributed by atoms with van der Waals surface area (Å²) in [6.45, 7) is 3.05. The van der Waals surface area contributed by atoms with Gasteiger partial charge in [0, 0.05) is 41.8 Å². The van der Waals surface area contributed by atoms with E-state index in [4.69, 9.17) is 0 Å². The summed E-state index contributed by atoms with van der Waals surface area (Å²) in [7, 11) is 0. The van der Waals surface area contributed by atoms with Gasteiger partial charge in [-0.15, -0.1) is 0 Å². The number of hydrogen-bond donors (Lipinski definition) is 2. The number of carbonyl (C=O) groups excluding carboxylic acids is 2. The van der Waals surface area contributed by atoms with Crippen molar-refractivity contribution in [1.29, 1.82) is 0 Å². The highest BCUT2D eigenvalue weighted by Crippen LogP contribution is 2.22. The lowest BCUT2D eigenvalue weighted by molar-refractivity contribution is -0.117. The number of aromatic amines is 1. The molecule has 1 saturated heterocycles. The molecule has 1 aliphatic rings. The van der Waals surface area contributed by atoms with Crippen LogP contribution in [0.25, 0.3) is 10.9 Å². The molecule has 1 aliphatic heterocycles. The molecular weight excluding hydrogens is 366 g/mol. The first-order valence-electron chi connectivity index (χ1n) is 9.82. The molecular formula is C23H23N3O3. The van der Waals surface area contributed by atoms with Crippen LogP contribution in [0.5, 0.6) is 0 Å². The standard InChI is InChI=1S/C23H23N3O3/c1-15-7-8-20-18(12-15)13-17(23(29)25-20)9-10-24-22(28)16-4-2-5-19(14-16)26-11-3-6-21(26)27/h2,4-5,7-8,12-14H,3,6,9-11H2,1H3,(H,24,28)(H,25,29). The second-order valence-corrected chi connectivity index (χ2v) is 7.42. The van der Waals surface area contributed by atoms with Crippen LogP contribution in [0.4, 0.5) is 5.69 Å². The van der Waals surface area contributed by atoms with E-state index in [0.717, 1.165) is 28.6 Å². The Morgan fingerprint density at radius 1 is 1.14 bits per heavy atom. The molecule has 0 radical (unpaired) electrons. The van der Waals surface area contributed by atoms with Crippen molar-refractivity contribution < 1.29 is 9.59 Å². The van der Waals surface area contributed by atoms with E-state index in [0.29, 0.717) is 37.1 Å². The van der Waals surface area contributed by atoms with Crippen LogP contribution in [0, 0.1) is 6.92 Å². The fraction of sp³-hybridized carbons (Fsp3) is 0.261. The highest BCUT2D eigenvalue weighted by molar-refractivity contribution is 5.99. The summed E-state index contributed by atoms with van der Waals surface area (Å²) in [6.07, 6.45) is 1.83. The van der Waals surface area contributed by atoms with Crippen LogP contribution in [0.2, 0.25) is 0 Å². The number of amides is 2. The Morgan fingerprint density at radius 3 is 2.79 bits per heavy atom. The average Bonchev–Trinajstić information content (AvgIpc) is 3.14. The van der Waals surface area contributed by atoms with Gasteiger partial charge in [-0.1, -0.05) is 17.7 Å². The summed E-state index contributed by atoms with van der Waals surface area (Å²) in [5.74, 6) is -0.125. The number of aromatic nitrogens is 1. The molecule has 0 atom stereocenters. The Labute approximate surface area is 168 Å². The summed E-state index contributed by atoms with van der Waals surface area (Å²) in [4.78, 5) is 41.3. The number of carbonyl (C=O) groups is 2. The first-order chi connectivity index (χ1) is 14.0. The van der Waals surface area contributed by atoms with Crippen LogP contribution in [0.3, 0.4) is 0 Å². The van der Waals surface area contributed by atoms with Gasteiger partial charge in [-0.2, -0.15) is 0 Å². The quantitative estimate of drug-likeness (QED) is 0.704. The van der Waals surface area contributed by atoms with Crippen LogP contribution in [0.15, 0.2) is 53.3 Å². The van der Waals surface area contributed by atoms with Crippen LogP contribution in [0.1, 0.15) is 34.3 Å². The fourth-order valence-corrected chi connectivity index (χ4v) is 3.71. The van der Waals surface area contributed by atoms with Gasteiger partial charge in [-0.3, -0.25) is 14.4 Å². The molecule has 6 nitrogen and oxygen atoms in total. The maximum absolute atomic E-state index is 12.5. The number of hydrogen-bond acceptors (Lipinski definition) is 3. The van der Waals surface area contributed by atoms with Gasteiger partial charge in [-0.25, -0.2) is 0 Å². The Hall–Kier alpha value is -3.41. The number of fused-ring (bicyclic) bond motifs is 1. The zero-order valence-electron chi connectivity index (χ0n) is 16.3. The molecule has 29 heavy (non-hydrogen) atoms. The average molecular weight is 389 g/mol. The van der Waals surface area contributed by atoms with E-state index < -0.39 is 0 Å². The minimum Gasteiger partial charge on any atom is -0.352 e. The molecule has 2 N–H and O–H groups in total. The molecule has 0 spiro atoms. The lowest BCUT2D eigenvalue weighted by Crippen LogP contribution is -2.28. The van der Waals surface area contributed by atoms with Gasteiger partial charge < -0.3 is 15.2 Å². The number of H-pyrrole nitrogens is 1. The largest absolute Gasteiger partial charge is 0.352 e. The molecule has 1 aromatic heterocycles. The summed E-state index contributed by atoms with van der Waals surface area (Å²) in [5, 5.41) is 3.85. The number of benzene rings is 2. The van der Waals surface area contributed by atoms with Gasteiger partial charge in [-0.05, 0) is 61.5 Å². The summed E-state index contributed by atoms with van der Waals surface area (Å²) >= 11 is 0. The van der Waals surface area contributed by atoms with E-state index >= 15 is 0 Å². The Kier molecular flexibility index (Phi) is 5.16. The Morgan fingerprint density at radius 2 is 2.00 bits per heavy atom. The maximum atomic E-state index is 12.5. The summed E-state index contributed by atoms with van der Waals surface area (Å²) in [5.41, 5.74) is 3.69. The fourth-order valence-electron chi connectivity index (χ4n) is 3.71. The van der Waals surface area contributed by atoms with Crippen LogP contribution in [-0.4, -0.2) is 29.9 Å². The van der Waals surface area contributed by atoms with E-state index in [1.165, 1.54) is 0 Å². The predicted molar refractivity (Wildman–Crippen MR) is 113 cm³/mol. The minimum absolute atomic E-state index is 0.0910. The molecule has 3 aromatic rings. The Bertz CT molecular complexity index is 1150. The summed E-state index contributed by atoms with van der Waals surface area (Å²) in [6, 6.07) is 14.9. The number of anilines is 1. The normalized spacial score (nSPS) is 13.8. The molecule has 0 saturated carbocycles. The van der Waals surface area contributed by atoms with Gasteiger partial charge >= 0.3 is 0 Å². The molecule has 1 fully saturated rings. The third-order valence-electron chi connectivity index (χ3n) is 5.25. The van der Waals surface area contributed by atoms with E-state index in [1.807, 2.05) is 37.3 Å². The number of pyridine rings is 1. The van der Waals surface area contributed by atoms with Crippen molar-refractivity contribution in [3.8, 4) is 0 Å². The molecule has 148 valence electrons. The highest BCUT2D eigenvalue weighted by atomic mass is 16.2. The van der Waals surface area contributed by atoms with Crippen molar-refractivity contribution in [3.05, 3.63) is 75.6 Å². The van der Waals surface area contributed by atoms with Crippen molar-refractivity contribution in [1.82, 2.24) is 10.3 Å². The first kappa shape index (κ1) is 18.9. The number of nitrogens with one attached hydrogen (secondary N) is 2. The lowest BCUT2D eigenvalue weighted by Gasteiger charge is -2.16. The van der Waals surface area contributed by atoms with Crippen molar-refractivity contribution in [3.63, 3.8) is 0 Å². The maximum Gasteiger partial charge on any atom is 0.251 e. The second-order valence-electron chi connectivity index (χ2n) is 7.42. The number of aryl methyl sites for hydroxylation is 1. The van der Waals surface area contributed by atoms with Crippen molar-refractivity contribution in [2.24, 2.45) is 0 Å². The van der Waals surface area contributed by atoms with Gasteiger partial charge in [0.1, 0.15) is 0 Å². The van der Waals surface area contributed by atoms with Gasteiger partial charge in [0.2, 0.25) is 5.91 Å². The predicted octanol–water partition coefficient (Wildman–Crippen LogP) is 2.94. The van der Waals surface area contributed by atoms with Crippen LogP contribution >= 0.6 is 0 Å². The van der Waals surface area contributed by atoms with Gasteiger partial charge in [0.25, 0.3) is 11.5 Å². The molecule has 0 unspecified atom stereocenters. The van der Waals surface area contributed by atoms with Crippen molar-refractivity contribution >= 4 is 28.4 Å². The molecule has 2 heterocycles. The lowest BCUT2D eigenvalue weighted by atomic mass is 10.1. The SMILES string of the molecule is Cc1ccc2[nH]c(=O)c(CCNC(=O)c3cccc(N4CCCC4=O)c3)cc2c1.